The molecule has 0 spiro atoms. The van der Waals surface area contributed by atoms with Crippen molar-refractivity contribution in [1.29, 1.82) is 0 Å². The Kier molecular flexibility index (Phi) is 10.3. The Morgan fingerprint density at radius 3 is 2.28 bits per heavy atom. The van der Waals surface area contributed by atoms with Crippen LogP contribution in [0.15, 0.2) is 102 Å². The average Bonchev–Trinajstić information content (AvgIpc) is 2.97. The van der Waals surface area contributed by atoms with Crippen LogP contribution in [0, 0.1) is 0 Å². The van der Waals surface area contributed by atoms with Gasteiger partial charge in [-0.3, -0.25) is 9.69 Å². The van der Waals surface area contributed by atoms with Gasteiger partial charge in [0.05, 0.1) is 18.9 Å². The van der Waals surface area contributed by atoms with Crippen LogP contribution >= 0.6 is 0 Å². The number of hydrogen-bond donors (Lipinski definition) is 0. The predicted molar refractivity (Wildman–Crippen MR) is 158 cm³/mol. The number of rotatable bonds is 14. The number of anilines is 1. The lowest BCUT2D eigenvalue weighted by molar-refractivity contribution is -0.119. The van der Waals surface area contributed by atoms with Gasteiger partial charge in [0.15, 0.2) is 0 Å². The van der Waals surface area contributed by atoms with E-state index in [9.17, 15) is 4.79 Å². The van der Waals surface area contributed by atoms with Gasteiger partial charge < -0.3 is 14.5 Å². The summed E-state index contributed by atoms with van der Waals surface area (Å²) >= 11 is 0. The summed E-state index contributed by atoms with van der Waals surface area (Å²) in [5, 5.41) is 4.27. The van der Waals surface area contributed by atoms with Gasteiger partial charge in [0.2, 0.25) is 0 Å². The number of allylic oxidation sites excluding steroid dienone is 1. The monoisotopic (exact) mass is 525 g/mol. The van der Waals surface area contributed by atoms with Crippen LogP contribution in [0.5, 0.6) is 5.75 Å². The molecule has 3 aromatic carbocycles. The van der Waals surface area contributed by atoms with Gasteiger partial charge in [-0.1, -0.05) is 72.2 Å². The second-order valence-electron chi connectivity index (χ2n) is 9.99. The summed E-state index contributed by atoms with van der Waals surface area (Å²) in [4.78, 5) is 22.9. The zero-order valence-electron chi connectivity index (χ0n) is 23.3. The predicted octanol–water partition coefficient (Wildman–Crippen LogP) is 6.79. The molecule has 0 saturated carbocycles. The Balaban J connectivity index is 1.24. The second kappa shape index (κ2) is 14.3. The molecule has 6 heteroatoms. The molecule has 1 saturated heterocycles. The SMILES string of the molecule is COc1ccc(N2C(=O)/C(=C/C(C)=NOCCCCCCN(C)Cc3ccccc3)C2c2ccccc2)cc1. The fourth-order valence-electron chi connectivity index (χ4n) is 4.83. The first kappa shape index (κ1) is 28.1. The number of unbranched alkanes of at least 4 members (excludes halogenated alkanes) is 3. The Hall–Kier alpha value is -3.90. The number of carbonyl (C=O) groups is 1. The molecule has 0 bridgehead atoms. The molecule has 3 aromatic rings. The molecule has 39 heavy (non-hydrogen) atoms. The van der Waals surface area contributed by atoms with Gasteiger partial charge in [-0.05, 0) is 81.2 Å². The Labute approximate surface area is 232 Å². The third kappa shape index (κ3) is 7.80. The number of amides is 1. The molecule has 1 aliphatic rings. The van der Waals surface area contributed by atoms with Crippen molar-refractivity contribution < 1.29 is 14.4 Å². The van der Waals surface area contributed by atoms with Gasteiger partial charge >= 0.3 is 0 Å². The first-order valence-corrected chi connectivity index (χ1v) is 13.7. The van der Waals surface area contributed by atoms with E-state index in [-0.39, 0.29) is 11.9 Å². The topological polar surface area (TPSA) is 54.4 Å². The molecular formula is C33H39N3O3. The van der Waals surface area contributed by atoms with Crippen LogP contribution in [0.25, 0.3) is 0 Å². The van der Waals surface area contributed by atoms with Gasteiger partial charge in [0.25, 0.3) is 5.91 Å². The molecule has 0 radical (unpaired) electrons. The summed E-state index contributed by atoms with van der Waals surface area (Å²) in [7, 11) is 3.81. The Morgan fingerprint density at radius 2 is 1.59 bits per heavy atom. The summed E-state index contributed by atoms with van der Waals surface area (Å²) in [5.74, 6) is 0.732. The normalized spacial score (nSPS) is 16.5. The molecule has 1 aliphatic heterocycles. The summed E-state index contributed by atoms with van der Waals surface area (Å²) in [6, 6.07) is 28.0. The third-order valence-electron chi connectivity index (χ3n) is 6.88. The molecule has 1 heterocycles. The largest absolute Gasteiger partial charge is 0.497 e. The highest BCUT2D eigenvalue weighted by atomic mass is 16.6. The van der Waals surface area contributed by atoms with Crippen LogP contribution in [-0.4, -0.2) is 43.8 Å². The van der Waals surface area contributed by atoms with Gasteiger partial charge in [-0.15, -0.1) is 0 Å². The molecule has 4 rings (SSSR count). The number of β-lactam (4-membered cyclic amide) rings is 1. The maximum Gasteiger partial charge on any atom is 0.257 e. The van der Waals surface area contributed by atoms with Crippen molar-refractivity contribution in [2.45, 2.75) is 45.2 Å². The lowest BCUT2D eigenvalue weighted by atomic mass is 9.86. The molecular weight excluding hydrogens is 486 g/mol. The van der Waals surface area contributed by atoms with E-state index in [1.54, 1.807) is 7.11 Å². The van der Waals surface area contributed by atoms with E-state index in [0.717, 1.165) is 42.9 Å². The second-order valence-corrected chi connectivity index (χ2v) is 9.99. The molecule has 0 aromatic heterocycles. The highest BCUT2D eigenvalue weighted by Gasteiger charge is 2.43. The zero-order chi connectivity index (χ0) is 27.5. The number of methoxy groups -OCH3 is 1. The maximum absolute atomic E-state index is 13.2. The number of carbonyl (C=O) groups excluding carboxylic acids is 1. The lowest BCUT2D eigenvalue weighted by Crippen LogP contribution is -2.49. The highest BCUT2D eigenvalue weighted by Crippen LogP contribution is 2.43. The van der Waals surface area contributed by atoms with Crippen LogP contribution in [0.1, 0.15) is 49.8 Å². The molecule has 0 aliphatic carbocycles. The van der Waals surface area contributed by atoms with Crippen LogP contribution in [0.3, 0.4) is 0 Å². The van der Waals surface area contributed by atoms with Crippen LogP contribution in [0.2, 0.25) is 0 Å². The Morgan fingerprint density at radius 1 is 0.923 bits per heavy atom. The Bertz CT molecular complexity index is 1240. The molecule has 1 fully saturated rings. The van der Waals surface area contributed by atoms with Crippen LogP contribution in [0.4, 0.5) is 5.69 Å². The molecule has 6 nitrogen and oxygen atoms in total. The van der Waals surface area contributed by atoms with Gasteiger partial charge in [-0.25, -0.2) is 0 Å². The van der Waals surface area contributed by atoms with E-state index in [0.29, 0.717) is 17.9 Å². The number of nitrogens with zero attached hydrogens (tertiary/aromatic N) is 3. The smallest absolute Gasteiger partial charge is 0.257 e. The number of ether oxygens (including phenoxy) is 1. The average molecular weight is 526 g/mol. The van der Waals surface area contributed by atoms with Crippen molar-refractivity contribution in [2.75, 3.05) is 32.2 Å². The fraction of sp³-hybridized carbons (Fsp3) is 0.333. The van der Waals surface area contributed by atoms with Crippen molar-refractivity contribution in [2.24, 2.45) is 5.16 Å². The molecule has 1 atom stereocenters. The van der Waals surface area contributed by atoms with Crippen LogP contribution < -0.4 is 9.64 Å². The standard InChI is InChI=1S/C33H39N3O3/c1-26(34-39-23-13-5-4-12-22-35(2)25-27-14-8-6-9-15-27)24-31-32(28-16-10-7-11-17-28)36(33(31)37)29-18-20-30(38-3)21-19-29/h6-11,14-21,24,32H,4-5,12-13,22-23,25H2,1-3H3/b31-24+,34-26?. The van der Waals surface area contributed by atoms with E-state index >= 15 is 0 Å². The highest BCUT2D eigenvalue weighted by molar-refractivity contribution is 6.18. The third-order valence-corrected chi connectivity index (χ3v) is 6.88. The molecule has 1 amide bonds. The van der Waals surface area contributed by atoms with E-state index in [1.165, 1.54) is 18.4 Å². The van der Waals surface area contributed by atoms with E-state index in [1.807, 2.05) is 72.5 Å². The maximum atomic E-state index is 13.2. The fourth-order valence-corrected chi connectivity index (χ4v) is 4.83. The lowest BCUT2D eigenvalue weighted by Gasteiger charge is -2.43. The van der Waals surface area contributed by atoms with Crippen molar-refractivity contribution >= 4 is 17.3 Å². The minimum absolute atomic E-state index is 0.0270. The first-order valence-electron chi connectivity index (χ1n) is 13.7. The molecule has 204 valence electrons. The quantitative estimate of drug-likeness (QED) is 0.0764. The minimum atomic E-state index is -0.169. The van der Waals surface area contributed by atoms with Gasteiger partial charge in [-0.2, -0.15) is 0 Å². The summed E-state index contributed by atoms with van der Waals surface area (Å²) in [6.07, 6.45) is 6.27. The molecule has 1 unspecified atom stereocenters. The summed E-state index contributed by atoms with van der Waals surface area (Å²) in [5.41, 5.74) is 4.65. The minimum Gasteiger partial charge on any atom is -0.497 e. The van der Waals surface area contributed by atoms with Gasteiger partial charge in [0, 0.05) is 17.8 Å². The van der Waals surface area contributed by atoms with Crippen molar-refractivity contribution in [3.63, 3.8) is 0 Å². The van der Waals surface area contributed by atoms with Gasteiger partial charge in [0.1, 0.15) is 12.4 Å². The van der Waals surface area contributed by atoms with Crippen molar-refractivity contribution in [1.82, 2.24) is 4.90 Å². The summed E-state index contributed by atoms with van der Waals surface area (Å²) < 4.78 is 5.27. The van der Waals surface area contributed by atoms with Crippen LogP contribution in [-0.2, 0) is 16.2 Å². The van der Waals surface area contributed by atoms with E-state index in [2.05, 4.69) is 47.4 Å². The number of oxime groups is 1. The zero-order valence-corrected chi connectivity index (χ0v) is 23.3. The number of hydrogen-bond acceptors (Lipinski definition) is 5. The molecule has 0 N–H and O–H groups in total. The van der Waals surface area contributed by atoms with E-state index in [4.69, 9.17) is 9.57 Å². The van der Waals surface area contributed by atoms with Crippen molar-refractivity contribution in [3.8, 4) is 5.75 Å². The number of benzene rings is 3. The van der Waals surface area contributed by atoms with Crippen molar-refractivity contribution in [3.05, 3.63) is 108 Å². The summed E-state index contributed by atoms with van der Waals surface area (Å²) in [6.45, 7) is 4.53. The first-order chi connectivity index (χ1) is 19.1. The van der Waals surface area contributed by atoms with E-state index < -0.39 is 0 Å².